The van der Waals surface area contributed by atoms with E-state index in [9.17, 15) is 8.42 Å². The summed E-state index contributed by atoms with van der Waals surface area (Å²) in [6.45, 7) is 3.55. The summed E-state index contributed by atoms with van der Waals surface area (Å²) in [4.78, 5) is 0. The van der Waals surface area contributed by atoms with Gasteiger partial charge in [0.1, 0.15) is 0 Å². The van der Waals surface area contributed by atoms with Crippen LogP contribution in [0.15, 0.2) is 0 Å². The van der Waals surface area contributed by atoms with E-state index < -0.39 is 10.2 Å². The third-order valence-electron chi connectivity index (χ3n) is 4.01. The Balaban J connectivity index is 1.99. The Morgan fingerprint density at radius 2 is 2.16 bits per heavy atom. The fraction of sp³-hybridized carbons (Fsp3) is 1.00. The summed E-state index contributed by atoms with van der Waals surface area (Å²) >= 11 is 0. The van der Waals surface area contributed by atoms with Crippen molar-refractivity contribution in [3.8, 4) is 0 Å². The minimum absolute atomic E-state index is 0.00380. The second-order valence-electron chi connectivity index (χ2n) is 5.46. The van der Waals surface area contributed by atoms with Crippen molar-refractivity contribution in [2.24, 2.45) is 5.73 Å². The van der Waals surface area contributed by atoms with Crippen LogP contribution in [0.25, 0.3) is 0 Å². The molecule has 3 N–H and O–H groups in total. The molecule has 0 bridgehead atoms. The van der Waals surface area contributed by atoms with Crippen molar-refractivity contribution in [1.82, 2.24) is 9.03 Å². The molecule has 0 aromatic rings. The van der Waals surface area contributed by atoms with Crippen LogP contribution in [0.2, 0.25) is 0 Å². The number of piperidine rings is 1. The first-order chi connectivity index (χ1) is 9.04. The maximum Gasteiger partial charge on any atom is 0.280 e. The zero-order chi connectivity index (χ0) is 13.9. The molecule has 0 spiro atoms. The van der Waals surface area contributed by atoms with Gasteiger partial charge in [-0.2, -0.15) is 17.4 Å². The van der Waals surface area contributed by atoms with Gasteiger partial charge in [-0.25, -0.2) is 0 Å². The van der Waals surface area contributed by atoms with Crippen molar-refractivity contribution in [1.29, 1.82) is 0 Å². The molecule has 0 amide bonds. The molecule has 2 rings (SSSR count). The predicted molar refractivity (Wildman–Crippen MR) is 73.9 cm³/mol. The van der Waals surface area contributed by atoms with E-state index in [-0.39, 0.29) is 18.2 Å². The van der Waals surface area contributed by atoms with E-state index in [4.69, 9.17) is 10.5 Å². The van der Waals surface area contributed by atoms with Crippen LogP contribution in [-0.2, 0) is 14.9 Å². The largest absolute Gasteiger partial charge is 0.377 e. The van der Waals surface area contributed by atoms with Gasteiger partial charge in [0.2, 0.25) is 0 Å². The number of ether oxygens (including phenoxy) is 1. The molecule has 3 unspecified atom stereocenters. The highest BCUT2D eigenvalue weighted by molar-refractivity contribution is 7.87. The maximum atomic E-state index is 12.4. The van der Waals surface area contributed by atoms with Gasteiger partial charge in [0.25, 0.3) is 10.2 Å². The number of nitrogens with one attached hydrogen (secondary N) is 1. The van der Waals surface area contributed by atoms with Gasteiger partial charge in [0, 0.05) is 31.8 Å². The monoisotopic (exact) mass is 291 g/mol. The van der Waals surface area contributed by atoms with Gasteiger partial charge in [-0.1, -0.05) is 6.42 Å². The first kappa shape index (κ1) is 15.2. The van der Waals surface area contributed by atoms with Crippen LogP contribution in [-0.4, -0.2) is 50.6 Å². The molecule has 7 heteroatoms. The molecular weight excluding hydrogens is 266 g/mol. The van der Waals surface area contributed by atoms with Crippen LogP contribution >= 0.6 is 0 Å². The Morgan fingerprint density at radius 3 is 2.79 bits per heavy atom. The van der Waals surface area contributed by atoms with Gasteiger partial charge in [0.15, 0.2) is 0 Å². The Kier molecular flexibility index (Phi) is 5.19. The molecule has 2 aliphatic rings. The molecule has 2 heterocycles. The highest BCUT2D eigenvalue weighted by atomic mass is 32.2. The van der Waals surface area contributed by atoms with Gasteiger partial charge >= 0.3 is 0 Å². The lowest BCUT2D eigenvalue weighted by Gasteiger charge is -2.35. The lowest BCUT2D eigenvalue weighted by Crippen LogP contribution is -2.54. The Labute approximate surface area is 115 Å². The van der Waals surface area contributed by atoms with Gasteiger partial charge in [-0.15, -0.1) is 0 Å². The van der Waals surface area contributed by atoms with E-state index in [0.29, 0.717) is 13.1 Å². The fourth-order valence-corrected chi connectivity index (χ4v) is 4.61. The Bertz CT molecular complexity index is 382. The quantitative estimate of drug-likeness (QED) is 0.758. The van der Waals surface area contributed by atoms with E-state index >= 15 is 0 Å². The highest BCUT2D eigenvalue weighted by Gasteiger charge is 2.34. The molecule has 0 aromatic carbocycles. The molecule has 0 aromatic heterocycles. The molecule has 0 radical (unpaired) electrons. The Morgan fingerprint density at radius 1 is 1.37 bits per heavy atom. The minimum Gasteiger partial charge on any atom is -0.377 e. The van der Waals surface area contributed by atoms with Crippen LogP contribution in [0.3, 0.4) is 0 Å². The number of rotatable bonds is 5. The second kappa shape index (κ2) is 6.49. The molecule has 6 nitrogen and oxygen atoms in total. The van der Waals surface area contributed by atoms with Crippen molar-refractivity contribution < 1.29 is 13.2 Å². The number of hydrogen-bond acceptors (Lipinski definition) is 4. The SMILES string of the molecule is CC(NS(=O)(=O)N1CCCCC1CN)C1CCCO1. The topological polar surface area (TPSA) is 84.7 Å². The van der Waals surface area contributed by atoms with Crippen LogP contribution in [0.4, 0.5) is 0 Å². The normalized spacial score (nSPS) is 31.5. The van der Waals surface area contributed by atoms with E-state index in [2.05, 4.69) is 4.72 Å². The fourth-order valence-electron chi connectivity index (χ4n) is 2.90. The smallest absolute Gasteiger partial charge is 0.280 e. The average molecular weight is 291 g/mol. The third-order valence-corrected chi connectivity index (χ3v) is 5.78. The van der Waals surface area contributed by atoms with Crippen LogP contribution < -0.4 is 10.5 Å². The summed E-state index contributed by atoms with van der Waals surface area (Å²) in [6, 6.07) is -0.254. The summed E-state index contributed by atoms with van der Waals surface area (Å²) in [5.74, 6) is 0. The van der Waals surface area contributed by atoms with E-state index in [1.54, 1.807) is 0 Å². The van der Waals surface area contributed by atoms with Gasteiger partial charge in [-0.05, 0) is 32.6 Å². The lowest BCUT2D eigenvalue weighted by molar-refractivity contribution is 0.0892. The summed E-state index contributed by atoms with van der Waals surface area (Å²) in [6.07, 6.45) is 4.73. The summed E-state index contributed by atoms with van der Waals surface area (Å²) < 4.78 is 34.7. The summed E-state index contributed by atoms with van der Waals surface area (Å²) in [5.41, 5.74) is 5.68. The third kappa shape index (κ3) is 3.66. The highest BCUT2D eigenvalue weighted by Crippen LogP contribution is 2.21. The average Bonchev–Trinajstić information content (AvgIpc) is 2.92. The van der Waals surface area contributed by atoms with E-state index in [1.807, 2.05) is 6.92 Å². The summed E-state index contributed by atoms with van der Waals surface area (Å²) in [5, 5.41) is 0. The van der Waals surface area contributed by atoms with Crippen LogP contribution in [0.1, 0.15) is 39.0 Å². The molecule has 2 aliphatic heterocycles. The zero-order valence-corrected chi connectivity index (χ0v) is 12.4. The lowest BCUT2D eigenvalue weighted by atomic mass is 10.1. The number of nitrogens with two attached hydrogens (primary N) is 1. The number of nitrogens with zero attached hydrogens (tertiary/aromatic N) is 1. The van der Waals surface area contributed by atoms with Gasteiger partial charge in [0.05, 0.1) is 6.10 Å². The first-order valence-electron chi connectivity index (χ1n) is 7.15. The Hall–Kier alpha value is -0.210. The minimum atomic E-state index is -3.46. The van der Waals surface area contributed by atoms with E-state index in [0.717, 1.165) is 38.7 Å². The van der Waals surface area contributed by atoms with Crippen molar-refractivity contribution in [3.63, 3.8) is 0 Å². The second-order valence-corrected chi connectivity index (χ2v) is 7.11. The van der Waals surface area contributed by atoms with Gasteiger partial charge < -0.3 is 10.5 Å². The first-order valence-corrected chi connectivity index (χ1v) is 8.59. The molecule has 2 saturated heterocycles. The van der Waals surface area contributed by atoms with Gasteiger partial charge in [-0.3, -0.25) is 0 Å². The number of hydrogen-bond donors (Lipinski definition) is 2. The zero-order valence-electron chi connectivity index (χ0n) is 11.5. The molecule has 0 saturated carbocycles. The van der Waals surface area contributed by atoms with Crippen molar-refractivity contribution in [2.45, 2.75) is 57.2 Å². The van der Waals surface area contributed by atoms with Crippen molar-refractivity contribution >= 4 is 10.2 Å². The predicted octanol–water partition coefficient (Wildman–Crippen LogP) is 0.202. The van der Waals surface area contributed by atoms with Crippen molar-refractivity contribution in [3.05, 3.63) is 0 Å². The molecule has 0 aliphatic carbocycles. The molecule has 112 valence electrons. The van der Waals surface area contributed by atoms with Crippen molar-refractivity contribution in [2.75, 3.05) is 19.7 Å². The molecular formula is C12H25N3O3S. The van der Waals surface area contributed by atoms with Crippen LogP contribution in [0, 0.1) is 0 Å². The molecule has 2 fully saturated rings. The summed E-state index contributed by atoms with van der Waals surface area (Å²) in [7, 11) is -3.46. The standard InChI is InChI=1S/C12H25N3O3S/c1-10(12-6-4-8-18-12)14-19(16,17)15-7-3-2-5-11(15)9-13/h10-12,14H,2-9,13H2,1H3. The maximum absolute atomic E-state index is 12.4. The van der Waals surface area contributed by atoms with E-state index in [1.165, 1.54) is 4.31 Å². The molecule has 19 heavy (non-hydrogen) atoms. The molecule has 3 atom stereocenters. The van der Waals surface area contributed by atoms with Crippen LogP contribution in [0.5, 0.6) is 0 Å².